The number of hydrogen-bond donors (Lipinski definition) is 3. The van der Waals surface area contributed by atoms with Gasteiger partial charge in [0.15, 0.2) is 0 Å². The number of carboxylic acid groups (broad SMARTS) is 1. The Balaban J connectivity index is 2.13. The zero-order chi connectivity index (χ0) is 13.8. The third kappa shape index (κ3) is 3.05. The normalized spacial score (nSPS) is 9.95. The molecule has 8 heteroatoms. The van der Waals surface area contributed by atoms with Crippen molar-refractivity contribution in [2.45, 2.75) is 6.92 Å². The molecule has 0 saturated heterocycles. The van der Waals surface area contributed by atoms with E-state index in [0.717, 1.165) is 0 Å². The highest BCUT2D eigenvalue weighted by Gasteiger charge is 2.12. The largest absolute Gasteiger partial charge is 0.478 e. The molecule has 1 heterocycles. The number of carbonyl (C=O) groups excluding carboxylic acids is 1. The van der Waals surface area contributed by atoms with Gasteiger partial charge < -0.3 is 10.4 Å². The summed E-state index contributed by atoms with van der Waals surface area (Å²) >= 11 is 1.19. The van der Waals surface area contributed by atoms with E-state index >= 15 is 0 Å². The number of urea groups is 1. The van der Waals surface area contributed by atoms with Crippen LogP contribution in [0.4, 0.5) is 15.6 Å². The monoisotopic (exact) mass is 278 g/mol. The number of nitrogens with one attached hydrogen (secondary N) is 2. The maximum Gasteiger partial charge on any atom is 0.336 e. The lowest BCUT2D eigenvalue weighted by Gasteiger charge is -2.10. The molecule has 19 heavy (non-hydrogen) atoms. The number of hydrogen-bond acceptors (Lipinski definition) is 5. The number of rotatable bonds is 3. The van der Waals surface area contributed by atoms with Crippen LogP contribution in [0.15, 0.2) is 23.7 Å². The second kappa shape index (κ2) is 5.44. The molecule has 98 valence electrons. The fourth-order valence-electron chi connectivity index (χ4n) is 1.48. The van der Waals surface area contributed by atoms with Crippen molar-refractivity contribution in [3.63, 3.8) is 0 Å². The van der Waals surface area contributed by atoms with Crippen LogP contribution in [-0.2, 0) is 0 Å². The number of carboxylic acids is 1. The Morgan fingerprint density at radius 2 is 2.11 bits per heavy atom. The molecular formula is C11H10N4O3S. The Hall–Kier alpha value is -2.48. The van der Waals surface area contributed by atoms with E-state index in [-0.39, 0.29) is 5.56 Å². The molecule has 7 nitrogen and oxygen atoms in total. The molecule has 2 rings (SSSR count). The summed E-state index contributed by atoms with van der Waals surface area (Å²) in [6.45, 7) is 1.63. The van der Waals surface area contributed by atoms with Crippen molar-refractivity contribution in [2.75, 3.05) is 10.6 Å². The predicted molar refractivity (Wildman–Crippen MR) is 70.7 cm³/mol. The second-order valence-electron chi connectivity index (χ2n) is 3.61. The molecule has 0 fully saturated rings. The molecule has 2 aromatic rings. The van der Waals surface area contributed by atoms with Gasteiger partial charge in [0.05, 0.1) is 5.56 Å². The molecule has 0 unspecified atom stereocenters. The Labute approximate surface area is 112 Å². The summed E-state index contributed by atoms with van der Waals surface area (Å²) in [5, 5.41) is 21.7. The van der Waals surface area contributed by atoms with Crippen LogP contribution in [0.2, 0.25) is 0 Å². The summed E-state index contributed by atoms with van der Waals surface area (Å²) in [7, 11) is 0. The fraction of sp³-hybridized carbons (Fsp3) is 0.0909. The number of benzene rings is 1. The van der Waals surface area contributed by atoms with Gasteiger partial charge in [-0.15, -0.1) is 10.2 Å². The van der Waals surface area contributed by atoms with E-state index in [1.54, 1.807) is 19.1 Å². The average molecular weight is 278 g/mol. The molecule has 0 aliphatic carbocycles. The summed E-state index contributed by atoms with van der Waals surface area (Å²) < 4.78 is 0. The van der Waals surface area contributed by atoms with Crippen molar-refractivity contribution in [1.29, 1.82) is 0 Å². The minimum Gasteiger partial charge on any atom is -0.478 e. The van der Waals surface area contributed by atoms with Gasteiger partial charge in [-0.1, -0.05) is 17.4 Å². The summed E-state index contributed by atoms with van der Waals surface area (Å²) in [6.07, 6.45) is 0. The van der Waals surface area contributed by atoms with E-state index < -0.39 is 12.0 Å². The maximum atomic E-state index is 11.7. The van der Waals surface area contributed by atoms with Gasteiger partial charge in [0.1, 0.15) is 5.51 Å². The lowest BCUT2D eigenvalue weighted by molar-refractivity contribution is 0.0696. The van der Waals surface area contributed by atoms with Crippen LogP contribution in [0.1, 0.15) is 15.9 Å². The first-order valence-corrected chi connectivity index (χ1v) is 6.13. The number of aromatic nitrogens is 2. The highest BCUT2D eigenvalue weighted by atomic mass is 32.1. The van der Waals surface area contributed by atoms with Gasteiger partial charge in [0, 0.05) is 5.69 Å². The van der Waals surface area contributed by atoms with Crippen molar-refractivity contribution in [3.8, 4) is 0 Å². The SMILES string of the molecule is Cc1c(NC(=O)Nc2nncs2)cccc1C(=O)O. The summed E-state index contributed by atoms with van der Waals surface area (Å²) in [6, 6.07) is 4.17. The van der Waals surface area contributed by atoms with E-state index in [4.69, 9.17) is 5.11 Å². The zero-order valence-corrected chi connectivity index (χ0v) is 10.7. The third-order valence-corrected chi connectivity index (χ3v) is 3.00. The molecule has 0 saturated carbocycles. The molecule has 0 atom stereocenters. The van der Waals surface area contributed by atoms with Gasteiger partial charge in [-0.2, -0.15) is 0 Å². The van der Waals surface area contributed by atoms with Crippen LogP contribution in [0.3, 0.4) is 0 Å². The fourth-order valence-corrected chi connectivity index (χ4v) is 1.92. The van der Waals surface area contributed by atoms with Crippen LogP contribution >= 0.6 is 11.3 Å². The van der Waals surface area contributed by atoms with Crippen molar-refractivity contribution < 1.29 is 14.7 Å². The van der Waals surface area contributed by atoms with Crippen molar-refractivity contribution in [3.05, 3.63) is 34.8 Å². The average Bonchev–Trinajstić information content (AvgIpc) is 2.84. The van der Waals surface area contributed by atoms with Crippen LogP contribution in [0, 0.1) is 6.92 Å². The first-order chi connectivity index (χ1) is 9.08. The van der Waals surface area contributed by atoms with Gasteiger partial charge in [0.25, 0.3) is 0 Å². The standard InChI is InChI=1S/C11H10N4O3S/c1-6-7(9(16)17)3-2-4-8(6)13-10(18)14-11-15-12-5-19-11/h2-5H,1H3,(H,16,17)(H2,13,14,15,18). The summed E-state index contributed by atoms with van der Waals surface area (Å²) in [4.78, 5) is 22.7. The minimum absolute atomic E-state index is 0.147. The predicted octanol–water partition coefficient (Wildman–Crippen LogP) is 2.19. The van der Waals surface area contributed by atoms with Gasteiger partial charge in [-0.05, 0) is 24.6 Å². The summed E-state index contributed by atoms with van der Waals surface area (Å²) in [5.74, 6) is -1.04. The molecule has 2 amide bonds. The molecule has 0 spiro atoms. The molecular weight excluding hydrogens is 268 g/mol. The Kier molecular flexibility index (Phi) is 3.71. The molecule has 1 aromatic carbocycles. The van der Waals surface area contributed by atoms with E-state index in [2.05, 4.69) is 20.8 Å². The van der Waals surface area contributed by atoms with E-state index in [1.807, 2.05) is 0 Å². The highest BCUT2D eigenvalue weighted by molar-refractivity contribution is 7.13. The molecule has 0 radical (unpaired) electrons. The first kappa shape index (κ1) is 13.0. The van der Waals surface area contributed by atoms with Crippen LogP contribution < -0.4 is 10.6 Å². The van der Waals surface area contributed by atoms with Crippen LogP contribution in [-0.4, -0.2) is 27.3 Å². The number of nitrogens with zero attached hydrogens (tertiary/aromatic N) is 2. The topological polar surface area (TPSA) is 104 Å². The highest BCUT2D eigenvalue weighted by Crippen LogP contribution is 2.19. The van der Waals surface area contributed by atoms with Crippen molar-refractivity contribution in [2.24, 2.45) is 0 Å². The maximum absolute atomic E-state index is 11.7. The number of aromatic carboxylic acids is 1. The zero-order valence-electron chi connectivity index (χ0n) is 9.88. The number of anilines is 2. The van der Waals surface area contributed by atoms with E-state index in [9.17, 15) is 9.59 Å². The van der Waals surface area contributed by atoms with Gasteiger partial charge >= 0.3 is 12.0 Å². The number of amides is 2. The van der Waals surface area contributed by atoms with E-state index in [1.165, 1.54) is 22.9 Å². The minimum atomic E-state index is -1.04. The van der Waals surface area contributed by atoms with Crippen LogP contribution in [0.25, 0.3) is 0 Å². The van der Waals surface area contributed by atoms with Gasteiger partial charge in [-0.3, -0.25) is 5.32 Å². The van der Waals surface area contributed by atoms with Crippen molar-refractivity contribution in [1.82, 2.24) is 10.2 Å². The Bertz CT molecular complexity index is 612. The summed E-state index contributed by atoms with van der Waals surface area (Å²) in [5.41, 5.74) is 2.56. The Morgan fingerprint density at radius 3 is 2.74 bits per heavy atom. The molecule has 3 N–H and O–H groups in total. The molecule has 0 aliphatic heterocycles. The van der Waals surface area contributed by atoms with Crippen LogP contribution in [0.5, 0.6) is 0 Å². The Morgan fingerprint density at radius 1 is 1.32 bits per heavy atom. The molecule has 0 bridgehead atoms. The van der Waals surface area contributed by atoms with Gasteiger partial charge in [0.2, 0.25) is 5.13 Å². The first-order valence-electron chi connectivity index (χ1n) is 5.25. The lowest BCUT2D eigenvalue weighted by atomic mass is 10.1. The molecule has 1 aromatic heterocycles. The van der Waals surface area contributed by atoms with E-state index in [0.29, 0.717) is 16.4 Å². The lowest BCUT2D eigenvalue weighted by Crippen LogP contribution is -2.20. The number of carbonyl (C=O) groups is 2. The smallest absolute Gasteiger partial charge is 0.336 e. The van der Waals surface area contributed by atoms with Gasteiger partial charge in [-0.25, -0.2) is 9.59 Å². The molecule has 0 aliphatic rings. The van der Waals surface area contributed by atoms with Crippen molar-refractivity contribution >= 4 is 34.2 Å². The second-order valence-corrected chi connectivity index (χ2v) is 4.44. The quantitative estimate of drug-likeness (QED) is 0.798. The third-order valence-electron chi connectivity index (χ3n) is 2.39.